The van der Waals surface area contributed by atoms with Crippen molar-refractivity contribution in [2.45, 2.75) is 25.3 Å². The first-order valence-corrected chi connectivity index (χ1v) is 8.97. The number of hydrogen-bond donors (Lipinski definition) is 2. The molecule has 0 spiro atoms. The summed E-state index contributed by atoms with van der Waals surface area (Å²) >= 11 is 0. The average molecular weight is 405 g/mol. The van der Waals surface area contributed by atoms with Crippen molar-refractivity contribution in [1.29, 1.82) is 5.26 Å². The topological polar surface area (TPSA) is 60.8 Å². The van der Waals surface area contributed by atoms with Gasteiger partial charge >= 0.3 is 12.3 Å². The molecule has 0 bridgehead atoms. The highest BCUT2D eigenvalue weighted by molar-refractivity contribution is 5.84. The Labute approximate surface area is 165 Å². The molecule has 2 aromatic carbocycles. The molecule has 0 saturated carbocycles. The van der Waals surface area contributed by atoms with Gasteiger partial charge in [-0.3, -0.25) is 0 Å². The van der Waals surface area contributed by atoms with Crippen molar-refractivity contribution >= 4 is 10.9 Å². The van der Waals surface area contributed by atoms with Crippen LogP contribution >= 0.6 is 0 Å². The summed E-state index contributed by atoms with van der Waals surface area (Å²) in [7, 11) is 0. The smallest absolute Gasteiger partial charge is 0.340 e. The van der Waals surface area contributed by atoms with Gasteiger partial charge in [0.15, 0.2) is 6.61 Å². The monoisotopic (exact) mass is 405 g/mol. The number of alkyl halides is 4. The van der Waals surface area contributed by atoms with Crippen LogP contribution in [0.2, 0.25) is 0 Å². The summed E-state index contributed by atoms with van der Waals surface area (Å²) in [5.74, 6) is -4.06. The van der Waals surface area contributed by atoms with Crippen LogP contribution in [0.4, 0.5) is 17.6 Å². The molecule has 1 heterocycles. The van der Waals surface area contributed by atoms with Crippen LogP contribution in [0.1, 0.15) is 16.7 Å². The van der Waals surface area contributed by atoms with E-state index >= 15 is 0 Å². The van der Waals surface area contributed by atoms with E-state index in [1.807, 2.05) is 12.3 Å². The number of aromatic amines is 1. The maximum absolute atomic E-state index is 13.0. The van der Waals surface area contributed by atoms with Crippen molar-refractivity contribution in [3.63, 3.8) is 0 Å². The molecule has 0 aliphatic heterocycles. The number of benzene rings is 2. The lowest BCUT2D eigenvalue weighted by Crippen LogP contribution is -2.33. The molecule has 8 heteroatoms. The average Bonchev–Trinajstić information content (AvgIpc) is 3.12. The molecule has 0 fully saturated rings. The third kappa shape index (κ3) is 5.27. The first-order valence-electron chi connectivity index (χ1n) is 8.97. The molecule has 3 aromatic rings. The van der Waals surface area contributed by atoms with Gasteiger partial charge in [0.1, 0.15) is 5.75 Å². The van der Waals surface area contributed by atoms with Crippen molar-refractivity contribution < 1.29 is 22.3 Å². The quantitative estimate of drug-likeness (QED) is 0.402. The van der Waals surface area contributed by atoms with Crippen LogP contribution in [-0.2, 0) is 13.0 Å². The number of hydrogen-bond acceptors (Lipinski definition) is 3. The number of nitrogens with zero attached hydrogens (tertiary/aromatic N) is 1. The zero-order chi connectivity index (χ0) is 20.9. The molecule has 0 saturated heterocycles. The highest BCUT2D eigenvalue weighted by Gasteiger charge is 2.41. The van der Waals surface area contributed by atoms with E-state index in [-0.39, 0.29) is 5.75 Å². The van der Waals surface area contributed by atoms with Crippen molar-refractivity contribution in [2.75, 3.05) is 13.2 Å². The van der Waals surface area contributed by atoms with Crippen LogP contribution in [0.3, 0.4) is 0 Å². The van der Waals surface area contributed by atoms with E-state index in [1.54, 1.807) is 30.3 Å². The summed E-state index contributed by atoms with van der Waals surface area (Å²) in [5, 5.41) is 13.3. The Bertz CT molecular complexity index is 1010. The summed E-state index contributed by atoms with van der Waals surface area (Å²) in [5.41, 5.74) is 3.41. The highest BCUT2D eigenvalue weighted by Crippen LogP contribution is 2.24. The van der Waals surface area contributed by atoms with E-state index < -0.39 is 19.0 Å². The van der Waals surface area contributed by atoms with Gasteiger partial charge in [-0.2, -0.15) is 14.0 Å². The molecule has 2 N–H and O–H groups in total. The van der Waals surface area contributed by atoms with Gasteiger partial charge in [-0.05, 0) is 48.4 Å². The minimum atomic E-state index is -4.18. The Morgan fingerprint density at radius 1 is 1.17 bits per heavy atom. The molecule has 4 nitrogen and oxygen atoms in total. The maximum Gasteiger partial charge on any atom is 0.340 e. The second-order valence-electron chi connectivity index (χ2n) is 6.61. The van der Waals surface area contributed by atoms with E-state index in [1.165, 1.54) is 6.07 Å². The third-order valence-electron chi connectivity index (χ3n) is 4.45. The molecule has 0 unspecified atom stereocenters. The van der Waals surface area contributed by atoms with Crippen LogP contribution in [0.25, 0.3) is 10.9 Å². The molecule has 0 amide bonds. The largest absolute Gasteiger partial charge is 0.487 e. The number of ether oxygens (including phenoxy) is 1. The fourth-order valence-corrected chi connectivity index (χ4v) is 2.91. The third-order valence-corrected chi connectivity index (χ3v) is 4.45. The molecule has 0 radical (unpaired) electrons. The van der Waals surface area contributed by atoms with E-state index in [2.05, 4.69) is 16.4 Å². The van der Waals surface area contributed by atoms with E-state index in [9.17, 15) is 17.6 Å². The van der Waals surface area contributed by atoms with Crippen LogP contribution in [0, 0.1) is 11.3 Å². The maximum atomic E-state index is 13.0. The van der Waals surface area contributed by atoms with E-state index in [0.717, 1.165) is 28.5 Å². The summed E-state index contributed by atoms with van der Waals surface area (Å²) in [6.45, 7) is -0.222. The molecule has 0 atom stereocenters. The molecule has 152 valence electrons. The number of fused-ring (bicyclic) bond motifs is 1. The molecule has 0 aliphatic carbocycles. The molecule has 3 rings (SSSR count). The van der Waals surface area contributed by atoms with Gasteiger partial charge in [0.25, 0.3) is 0 Å². The Morgan fingerprint density at radius 2 is 2.00 bits per heavy atom. The first-order chi connectivity index (χ1) is 13.9. The fraction of sp³-hybridized carbons (Fsp3) is 0.286. The zero-order valence-corrected chi connectivity index (χ0v) is 15.4. The summed E-state index contributed by atoms with van der Waals surface area (Å²) < 4.78 is 55.1. The van der Waals surface area contributed by atoms with Crippen molar-refractivity contribution in [1.82, 2.24) is 10.3 Å². The van der Waals surface area contributed by atoms with Gasteiger partial charge < -0.3 is 15.0 Å². The van der Waals surface area contributed by atoms with Crippen LogP contribution in [0.15, 0.2) is 48.7 Å². The van der Waals surface area contributed by atoms with Gasteiger partial charge in [-0.25, -0.2) is 8.78 Å². The minimum Gasteiger partial charge on any atom is -0.487 e. The second-order valence-corrected chi connectivity index (χ2v) is 6.61. The molecular weight excluding hydrogens is 386 g/mol. The normalized spacial score (nSPS) is 11.7. The number of nitriles is 1. The van der Waals surface area contributed by atoms with Gasteiger partial charge in [0.05, 0.1) is 11.6 Å². The predicted molar refractivity (Wildman–Crippen MR) is 101 cm³/mol. The van der Waals surface area contributed by atoms with Crippen LogP contribution in [-0.4, -0.2) is 30.5 Å². The lowest BCUT2D eigenvalue weighted by Gasteiger charge is -2.16. The summed E-state index contributed by atoms with van der Waals surface area (Å²) in [4.78, 5) is 3.15. The Hall–Kier alpha value is -3.05. The minimum absolute atomic E-state index is 0.120. The fourth-order valence-electron chi connectivity index (χ4n) is 2.91. The zero-order valence-electron chi connectivity index (χ0n) is 15.4. The molecule has 0 aliphatic rings. The second kappa shape index (κ2) is 8.97. The van der Waals surface area contributed by atoms with Crippen molar-refractivity contribution in [2.24, 2.45) is 0 Å². The predicted octanol–water partition coefficient (Wildman–Crippen LogP) is 4.65. The Morgan fingerprint density at radius 3 is 2.76 bits per heavy atom. The van der Waals surface area contributed by atoms with Crippen molar-refractivity contribution in [3.05, 3.63) is 65.4 Å². The number of H-pyrrole nitrogens is 1. The van der Waals surface area contributed by atoms with Gasteiger partial charge in [0.2, 0.25) is 0 Å². The molecule has 1 aromatic heterocycles. The number of rotatable bonds is 9. The Kier molecular flexibility index (Phi) is 6.39. The van der Waals surface area contributed by atoms with Crippen molar-refractivity contribution in [3.8, 4) is 11.8 Å². The van der Waals surface area contributed by atoms with E-state index in [4.69, 9.17) is 10.00 Å². The summed E-state index contributed by atoms with van der Waals surface area (Å²) in [6, 6.07) is 14.0. The first kappa shape index (κ1) is 20.7. The lowest BCUT2D eigenvalue weighted by atomic mass is 10.1. The molecular formula is C21H19F4N3O. The highest BCUT2D eigenvalue weighted by atomic mass is 19.3. The molecule has 29 heavy (non-hydrogen) atoms. The van der Waals surface area contributed by atoms with Crippen LogP contribution in [0.5, 0.6) is 5.75 Å². The standard InChI is InChI=1S/C21H19F4N3O/c22-20(23)21(24,25)13-29-17-3-1-2-15(8-17)11-27-7-6-16-12-28-19-9-14(10-26)4-5-18(16)19/h1-5,8-9,12,20,27-28H,6-7,11,13H2. The SMILES string of the molecule is N#Cc1ccc2c(CCNCc3cccc(OCC(F)(F)C(F)F)c3)c[nH]c2c1. The Balaban J connectivity index is 1.50. The van der Waals surface area contributed by atoms with Gasteiger partial charge in [-0.15, -0.1) is 0 Å². The van der Waals surface area contributed by atoms with Gasteiger partial charge in [-0.1, -0.05) is 18.2 Å². The van der Waals surface area contributed by atoms with E-state index in [0.29, 0.717) is 18.7 Å². The number of aromatic nitrogens is 1. The lowest BCUT2D eigenvalue weighted by molar-refractivity contribution is -0.148. The summed E-state index contributed by atoms with van der Waals surface area (Å²) in [6.07, 6.45) is -1.10. The van der Waals surface area contributed by atoms with Crippen LogP contribution < -0.4 is 10.1 Å². The van der Waals surface area contributed by atoms with Gasteiger partial charge in [0, 0.05) is 23.6 Å². The number of nitrogens with one attached hydrogen (secondary N) is 2. The number of halogens is 4.